The van der Waals surface area contributed by atoms with Crippen LogP contribution in [0.1, 0.15) is 66.7 Å². The lowest BCUT2D eigenvalue weighted by molar-refractivity contribution is -0.120. The van der Waals surface area contributed by atoms with E-state index in [0.717, 1.165) is 72.8 Å². The Kier molecular flexibility index (Phi) is 5.25. The van der Waals surface area contributed by atoms with Gasteiger partial charge in [-0.25, -0.2) is 4.98 Å². The van der Waals surface area contributed by atoms with E-state index >= 15 is 0 Å². The quantitative estimate of drug-likeness (QED) is 0.568. The first kappa shape index (κ1) is 19.2. The van der Waals surface area contributed by atoms with E-state index in [4.69, 9.17) is 0 Å². The molecule has 2 aromatic heterocycles. The molecule has 1 fully saturated rings. The number of fused-ring (bicyclic) bond motifs is 2. The third-order valence-electron chi connectivity index (χ3n) is 6.12. The molecule has 30 heavy (non-hydrogen) atoms. The number of hydrogen-bond acceptors (Lipinski definition) is 5. The van der Waals surface area contributed by atoms with Crippen molar-refractivity contribution in [3.05, 3.63) is 35.2 Å². The van der Waals surface area contributed by atoms with Crippen molar-refractivity contribution in [1.82, 2.24) is 15.2 Å². The molecule has 3 N–H and O–H groups in total. The van der Waals surface area contributed by atoms with Crippen LogP contribution in [0.25, 0.3) is 10.2 Å². The van der Waals surface area contributed by atoms with Crippen molar-refractivity contribution in [3.8, 4) is 0 Å². The number of nitrogens with one attached hydrogen (secondary N) is 3. The number of nitrogens with zero attached hydrogens (tertiary/aromatic N) is 2. The average molecular weight is 424 g/mol. The Bertz CT molecular complexity index is 1100. The summed E-state index contributed by atoms with van der Waals surface area (Å²) < 4.78 is 0.976. The Balaban J connectivity index is 1.29. The first-order chi connectivity index (χ1) is 14.7. The second kappa shape index (κ2) is 8.18. The first-order valence-corrected chi connectivity index (χ1v) is 11.6. The van der Waals surface area contributed by atoms with Crippen LogP contribution in [0.5, 0.6) is 0 Å². The van der Waals surface area contributed by atoms with Gasteiger partial charge in [0.25, 0.3) is 5.91 Å². The standard InChI is InChI=1S/C22H25N5O2S/c28-20(13-6-2-1-3-7-13)25-22-24-17-12-14(10-11-18(17)30-22)23-21(29)19-15-8-4-5-9-16(15)26-27-19/h10-13H,1-9H2,(H,23,29)(H,26,27)(H,24,25,28). The van der Waals surface area contributed by atoms with Crippen molar-refractivity contribution < 1.29 is 9.59 Å². The summed E-state index contributed by atoms with van der Waals surface area (Å²) in [7, 11) is 0. The van der Waals surface area contributed by atoms with Crippen LogP contribution in [0, 0.1) is 5.92 Å². The highest BCUT2D eigenvalue weighted by atomic mass is 32.1. The highest BCUT2D eigenvalue weighted by Crippen LogP contribution is 2.31. The van der Waals surface area contributed by atoms with Crippen molar-refractivity contribution in [1.29, 1.82) is 0 Å². The summed E-state index contributed by atoms with van der Waals surface area (Å²) in [5.74, 6) is -0.0271. The monoisotopic (exact) mass is 423 g/mol. The van der Waals surface area contributed by atoms with Gasteiger partial charge in [-0.15, -0.1) is 0 Å². The number of hydrogen-bond donors (Lipinski definition) is 3. The third kappa shape index (κ3) is 3.84. The van der Waals surface area contributed by atoms with Gasteiger partial charge in [0.1, 0.15) is 0 Å². The summed E-state index contributed by atoms with van der Waals surface area (Å²) in [6.45, 7) is 0. The lowest BCUT2D eigenvalue weighted by Crippen LogP contribution is -2.24. The summed E-state index contributed by atoms with van der Waals surface area (Å²) in [6.07, 6.45) is 9.47. The molecule has 2 aliphatic rings. The summed E-state index contributed by atoms with van der Waals surface area (Å²) in [4.78, 5) is 29.8. The van der Waals surface area contributed by atoms with Crippen LogP contribution in [-0.2, 0) is 17.6 Å². The normalized spacial score (nSPS) is 16.9. The fourth-order valence-electron chi connectivity index (χ4n) is 4.49. The van der Waals surface area contributed by atoms with Gasteiger partial charge in [-0.1, -0.05) is 30.6 Å². The third-order valence-corrected chi connectivity index (χ3v) is 7.07. The molecule has 2 amide bonds. The van der Waals surface area contributed by atoms with Crippen molar-refractivity contribution in [2.75, 3.05) is 10.6 Å². The molecule has 2 heterocycles. The molecule has 0 spiro atoms. The fourth-order valence-corrected chi connectivity index (χ4v) is 5.34. The van der Waals surface area contributed by atoms with Gasteiger partial charge in [0, 0.05) is 22.9 Å². The largest absolute Gasteiger partial charge is 0.321 e. The molecule has 0 bridgehead atoms. The van der Waals surface area contributed by atoms with Gasteiger partial charge in [-0.05, 0) is 56.7 Å². The van der Waals surface area contributed by atoms with Crippen molar-refractivity contribution in [3.63, 3.8) is 0 Å². The van der Waals surface area contributed by atoms with Crippen LogP contribution in [0.4, 0.5) is 10.8 Å². The van der Waals surface area contributed by atoms with E-state index in [2.05, 4.69) is 25.8 Å². The molecule has 0 atom stereocenters. The summed E-state index contributed by atoms with van der Waals surface area (Å²) in [5, 5.41) is 13.8. The second-order valence-electron chi connectivity index (χ2n) is 8.22. The zero-order valence-corrected chi connectivity index (χ0v) is 17.6. The van der Waals surface area contributed by atoms with E-state index in [1.165, 1.54) is 17.8 Å². The number of carbonyl (C=O) groups is 2. The maximum Gasteiger partial charge on any atom is 0.276 e. The molecular weight excluding hydrogens is 398 g/mol. The zero-order chi connectivity index (χ0) is 20.5. The van der Waals surface area contributed by atoms with Gasteiger partial charge in [0.2, 0.25) is 5.91 Å². The maximum absolute atomic E-state index is 12.7. The smallest absolute Gasteiger partial charge is 0.276 e. The van der Waals surface area contributed by atoms with Gasteiger partial charge in [-0.2, -0.15) is 5.10 Å². The summed E-state index contributed by atoms with van der Waals surface area (Å²) in [5.41, 5.74) is 4.06. The predicted molar refractivity (Wildman–Crippen MR) is 118 cm³/mol. The van der Waals surface area contributed by atoms with E-state index in [1.54, 1.807) is 0 Å². The van der Waals surface area contributed by atoms with Gasteiger partial charge < -0.3 is 10.6 Å². The van der Waals surface area contributed by atoms with E-state index in [1.807, 2.05) is 18.2 Å². The van der Waals surface area contributed by atoms with Gasteiger partial charge in [0.05, 0.1) is 10.2 Å². The van der Waals surface area contributed by atoms with E-state index in [0.29, 0.717) is 16.5 Å². The number of thiazole rings is 1. The lowest BCUT2D eigenvalue weighted by atomic mass is 9.89. The molecular formula is C22H25N5O2S. The molecule has 5 rings (SSSR count). The minimum Gasteiger partial charge on any atom is -0.321 e. The molecule has 0 aliphatic heterocycles. The second-order valence-corrected chi connectivity index (χ2v) is 9.25. The average Bonchev–Trinajstić information content (AvgIpc) is 3.37. The minimum atomic E-state index is -0.199. The molecule has 3 aromatic rings. The first-order valence-electron chi connectivity index (χ1n) is 10.8. The molecule has 2 aliphatic carbocycles. The molecule has 8 heteroatoms. The van der Waals surface area contributed by atoms with E-state index in [-0.39, 0.29) is 17.7 Å². The van der Waals surface area contributed by atoms with Crippen LogP contribution in [0.2, 0.25) is 0 Å². The number of benzene rings is 1. The summed E-state index contributed by atoms with van der Waals surface area (Å²) >= 11 is 1.46. The number of carbonyl (C=O) groups excluding carboxylic acids is 2. The van der Waals surface area contributed by atoms with Gasteiger partial charge in [0.15, 0.2) is 10.8 Å². The Hall–Kier alpha value is -2.74. The molecule has 0 unspecified atom stereocenters. The number of amides is 2. The van der Waals surface area contributed by atoms with Crippen LogP contribution < -0.4 is 10.6 Å². The van der Waals surface area contributed by atoms with Crippen molar-refractivity contribution >= 4 is 44.2 Å². The number of aryl methyl sites for hydroxylation is 1. The molecule has 1 saturated carbocycles. The minimum absolute atomic E-state index is 0.0746. The van der Waals surface area contributed by atoms with Gasteiger partial charge >= 0.3 is 0 Å². The van der Waals surface area contributed by atoms with Gasteiger partial charge in [-0.3, -0.25) is 14.7 Å². The van der Waals surface area contributed by atoms with Crippen LogP contribution in [-0.4, -0.2) is 27.0 Å². The number of rotatable bonds is 4. The highest BCUT2D eigenvalue weighted by molar-refractivity contribution is 7.22. The van der Waals surface area contributed by atoms with Crippen LogP contribution in [0.15, 0.2) is 18.2 Å². The maximum atomic E-state index is 12.7. The lowest BCUT2D eigenvalue weighted by Gasteiger charge is -2.19. The van der Waals surface area contributed by atoms with Crippen LogP contribution in [0.3, 0.4) is 0 Å². The molecule has 0 saturated heterocycles. The Morgan fingerprint density at radius 3 is 2.73 bits per heavy atom. The fraction of sp³-hybridized carbons (Fsp3) is 0.455. The molecule has 0 radical (unpaired) electrons. The van der Waals surface area contributed by atoms with Crippen molar-refractivity contribution in [2.24, 2.45) is 5.92 Å². The molecule has 7 nitrogen and oxygen atoms in total. The Morgan fingerprint density at radius 1 is 1.03 bits per heavy atom. The number of H-pyrrole nitrogens is 1. The van der Waals surface area contributed by atoms with Crippen LogP contribution >= 0.6 is 11.3 Å². The van der Waals surface area contributed by atoms with E-state index < -0.39 is 0 Å². The Labute approximate surface area is 178 Å². The summed E-state index contributed by atoms with van der Waals surface area (Å²) in [6, 6.07) is 5.64. The SMILES string of the molecule is O=C(Nc1ccc2sc(NC(=O)C3CCCCC3)nc2c1)c1n[nH]c2c1CCCC2. The number of aromatic nitrogens is 3. The van der Waals surface area contributed by atoms with Crippen molar-refractivity contribution in [2.45, 2.75) is 57.8 Å². The number of aromatic amines is 1. The molecule has 1 aromatic carbocycles. The van der Waals surface area contributed by atoms with E-state index in [9.17, 15) is 9.59 Å². The predicted octanol–water partition coefficient (Wildman–Crippen LogP) is 4.67. The highest BCUT2D eigenvalue weighted by Gasteiger charge is 2.23. The topological polar surface area (TPSA) is 99.8 Å². The Morgan fingerprint density at radius 2 is 1.87 bits per heavy atom. The molecule has 156 valence electrons. The number of anilines is 2. The zero-order valence-electron chi connectivity index (χ0n) is 16.8.